The summed E-state index contributed by atoms with van der Waals surface area (Å²) in [5.74, 6) is -0.627. The van der Waals surface area contributed by atoms with Gasteiger partial charge in [-0.05, 0) is 50.5 Å². The number of fused-ring (bicyclic) bond motifs is 1. The van der Waals surface area contributed by atoms with Crippen molar-refractivity contribution in [2.75, 3.05) is 11.9 Å². The number of benzene rings is 2. The lowest BCUT2D eigenvalue weighted by molar-refractivity contribution is -0.127. The summed E-state index contributed by atoms with van der Waals surface area (Å²) in [4.78, 5) is 24.2. The molecule has 1 heterocycles. The number of amides is 2. The molecule has 0 aliphatic heterocycles. The average Bonchev–Trinajstić information content (AvgIpc) is 3.05. The van der Waals surface area contributed by atoms with E-state index in [1.807, 2.05) is 58.0 Å². The number of hydrogen-bond acceptors (Lipinski definition) is 4. The van der Waals surface area contributed by atoms with Crippen LogP contribution in [0.1, 0.15) is 27.8 Å². The first-order valence-electron chi connectivity index (χ1n) is 9.20. The second kappa shape index (κ2) is 8.17. The summed E-state index contributed by atoms with van der Waals surface area (Å²) in [5.41, 5.74) is 11.8. The Hall–Kier alpha value is -3.28. The van der Waals surface area contributed by atoms with Gasteiger partial charge in [-0.1, -0.05) is 29.8 Å². The highest BCUT2D eigenvalue weighted by Gasteiger charge is 2.13. The van der Waals surface area contributed by atoms with E-state index in [0.29, 0.717) is 0 Å². The van der Waals surface area contributed by atoms with Crippen LogP contribution in [-0.2, 0) is 16.0 Å². The molecule has 0 atom stereocenters. The fourth-order valence-corrected chi connectivity index (χ4v) is 3.11. The predicted octanol–water partition coefficient (Wildman–Crippen LogP) is 3.47. The van der Waals surface area contributed by atoms with Crippen LogP contribution in [0.25, 0.3) is 11.0 Å². The lowest BCUT2D eigenvalue weighted by Crippen LogP contribution is -2.44. The van der Waals surface area contributed by atoms with Crippen molar-refractivity contribution in [2.45, 2.75) is 34.1 Å². The number of carbonyl (C=O) groups is 2. The van der Waals surface area contributed by atoms with Gasteiger partial charge in [0.05, 0.1) is 19.2 Å². The van der Waals surface area contributed by atoms with E-state index in [-0.39, 0.29) is 24.8 Å². The maximum Gasteiger partial charge on any atom is 0.257 e. The van der Waals surface area contributed by atoms with Crippen molar-refractivity contribution in [3.8, 4) is 0 Å². The molecule has 2 aromatic carbocycles. The topological polar surface area (TPSA) is 83.4 Å². The van der Waals surface area contributed by atoms with Gasteiger partial charge in [0.1, 0.15) is 5.58 Å². The van der Waals surface area contributed by atoms with Gasteiger partial charge in [0.15, 0.2) is 0 Å². The van der Waals surface area contributed by atoms with Gasteiger partial charge in [-0.2, -0.15) is 0 Å². The number of aryl methyl sites for hydroxylation is 4. The maximum atomic E-state index is 12.2. The van der Waals surface area contributed by atoms with Crippen LogP contribution in [0, 0.1) is 27.7 Å². The average molecular weight is 379 g/mol. The summed E-state index contributed by atoms with van der Waals surface area (Å²) >= 11 is 0. The Morgan fingerprint density at radius 3 is 2.43 bits per heavy atom. The molecule has 0 saturated heterocycles. The molecule has 0 unspecified atom stereocenters. The molecule has 0 bridgehead atoms. The number of hydrogen-bond donors (Lipinski definition) is 3. The van der Waals surface area contributed by atoms with Crippen LogP contribution in [0.4, 0.5) is 5.69 Å². The van der Waals surface area contributed by atoms with Crippen LogP contribution in [0.15, 0.2) is 41.0 Å². The monoisotopic (exact) mass is 379 g/mol. The summed E-state index contributed by atoms with van der Waals surface area (Å²) in [5, 5.41) is 3.98. The molecule has 0 saturated carbocycles. The third-order valence-electron chi connectivity index (χ3n) is 4.86. The van der Waals surface area contributed by atoms with Gasteiger partial charge in [0.2, 0.25) is 5.91 Å². The van der Waals surface area contributed by atoms with Crippen LogP contribution in [-0.4, -0.2) is 18.4 Å². The molecule has 3 N–H and O–H groups in total. The van der Waals surface area contributed by atoms with E-state index >= 15 is 0 Å². The normalized spacial score (nSPS) is 10.7. The fraction of sp³-hybridized carbons (Fsp3) is 0.273. The Bertz CT molecular complexity index is 1040. The van der Waals surface area contributed by atoms with Gasteiger partial charge >= 0.3 is 0 Å². The number of carbonyl (C=O) groups excluding carboxylic acids is 2. The zero-order valence-electron chi connectivity index (χ0n) is 16.6. The first-order valence-corrected chi connectivity index (χ1v) is 9.20. The Morgan fingerprint density at radius 1 is 0.929 bits per heavy atom. The molecule has 146 valence electrons. The van der Waals surface area contributed by atoms with Crippen molar-refractivity contribution < 1.29 is 14.0 Å². The highest BCUT2D eigenvalue weighted by atomic mass is 16.3. The quantitative estimate of drug-likeness (QED) is 0.593. The summed E-state index contributed by atoms with van der Waals surface area (Å²) in [6.45, 7) is 8.08. The second-order valence-electron chi connectivity index (χ2n) is 7.09. The minimum atomic E-state index is -0.322. The van der Waals surface area contributed by atoms with E-state index in [9.17, 15) is 9.59 Å². The van der Waals surface area contributed by atoms with Gasteiger partial charge in [-0.15, -0.1) is 0 Å². The van der Waals surface area contributed by atoms with E-state index in [1.54, 1.807) is 6.26 Å². The molecule has 1 aromatic heterocycles. The second-order valence-corrected chi connectivity index (χ2v) is 7.09. The summed E-state index contributed by atoms with van der Waals surface area (Å²) in [7, 11) is 0. The molecule has 0 fully saturated rings. The van der Waals surface area contributed by atoms with Crippen LogP contribution >= 0.6 is 0 Å². The van der Waals surface area contributed by atoms with E-state index < -0.39 is 0 Å². The van der Waals surface area contributed by atoms with Gasteiger partial charge in [0.25, 0.3) is 5.91 Å². The standard InChI is InChI=1S/C22H25N3O3/c1-13-5-8-19(15(3)9-13)23-11-21(27)25-24-20(26)10-17-12-28-22-16(4)14(2)6-7-18(17)22/h5-9,12,23H,10-11H2,1-4H3,(H,24,26)(H,25,27). The number of rotatable bonds is 5. The number of hydrazine groups is 1. The van der Waals surface area contributed by atoms with Gasteiger partial charge < -0.3 is 9.73 Å². The van der Waals surface area contributed by atoms with Gasteiger partial charge in [0, 0.05) is 16.6 Å². The number of furan rings is 1. The van der Waals surface area contributed by atoms with Crippen molar-refractivity contribution >= 4 is 28.5 Å². The first-order chi connectivity index (χ1) is 13.3. The molecule has 0 aliphatic carbocycles. The molecule has 3 aromatic rings. The third kappa shape index (κ3) is 4.34. The van der Waals surface area contributed by atoms with Crippen molar-refractivity contribution in [2.24, 2.45) is 0 Å². The minimum absolute atomic E-state index is 0.0668. The zero-order valence-corrected chi connectivity index (χ0v) is 16.6. The molecule has 2 amide bonds. The predicted molar refractivity (Wildman–Crippen MR) is 110 cm³/mol. The summed E-state index contributed by atoms with van der Waals surface area (Å²) in [6, 6.07) is 9.92. The van der Waals surface area contributed by atoms with E-state index in [2.05, 4.69) is 16.2 Å². The molecule has 3 rings (SSSR count). The number of nitrogens with one attached hydrogen (secondary N) is 3. The third-order valence-corrected chi connectivity index (χ3v) is 4.86. The van der Waals surface area contributed by atoms with Crippen molar-refractivity contribution in [3.63, 3.8) is 0 Å². The first kappa shape index (κ1) is 19.5. The van der Waals surface area contributed by atoms with Crippen molar-refractivity contribution in [3.05, 3.63) is 64.4 Å². The van der Waals surface area contributed by atoms with Crippen LogP contribution in [0.5, 0.6) is 0 Å². The van der Waals surface area contributed by atoms with Gasteiger partial charge in [-0.25, -0.2) is 0 Å². The van der Waals surface area contributed by atoms with Crippen LogP contribution in [0.3, 0.4) is 0 Å². The molecule has 0 aliphatic rings. The Morgan fingerprint density at radius 2 is 1.68 bits per heavy atom. The maximum absolute atomic E-state index is 12.2. The van der Waals surface area contributed by atoms with Gasteiger partial charge in [-0.3, -0.25) is 20.4 Å². The molecule has 6 nitrogen and oxygen atoms in total. The molecule has 0 radical (unpaired) electrons. The Labute approximate surface area is 164 Å². The van der Waals surface area contributed by atoms with E-state index in [0.717, 1.165) is 44.5 Å². The summed E-state index contributed by atoms with van der Waals surface area (Å²) in [6.07, 6.45) is 1.72. The fourth-order valence-electron chi connectivity index (χ4n) is 3.11. The van der Waals surface area contributed by atoms with E-state index in [4.69, 9.17) is 4.42 Å². The smallest absolute Gasteiger partial charge is 0.257 e. The lowest BCUT2D eigenvalue weighted by Gasteiger charge is -2.11. The molecule has 6 heteroatoms. The molecular weight excluding hydrogens is 354 g/mol. The Kier molecular flexibility index (Phi) is 5.68. The van der Waals surface area contributed by atoms with Crippen molar-refractivity contribution in [1.82, 2.24) is 10.9 Å². The minimum Gasteiger partial charge on any atom is -0.464 e. The molecule has 0 spiro atoms. The summed E-state index contributed by atoms with van der Waals surface area (Å²) < 4.78 is 5.62. The highest BCUT2D eigenvalue weighted by molar-refractivity contribution is 5.90. The van der Waals surface area contributed by atoms with Crippen molar-refractivity contribution in [1.29, 1.82) is 0 Å². The Balaban J connectivity index is 1.51. The highest BCUT2D eigenvalue weighted by Crippen LogP contribution is 2.26. The SMILES string of the molecule is Cc1ccc(NCC(=O)NNC(=O)Cc2coc3c(C)c(C)ccc23)c(C)c1. The largest absolute Gasteiger partial charge is 0.464 e. The lowest BCUT2D eigenvalue weighted by atomic mass is 10.0. The zero-order chi connectivity index (χ0) is 20.3. The van der Waals surface area contributed by atoms with E-state index in [1.165, 1.54) is 0 Å². The molecule has 28 heavy (non-hydrogen) atoms. The van der Waals surface area contributed by atoms with Crippen LogP contribution in [0.2, 0.25) is 0 Å². The van der Waals surface area contributed by atoms with Crippen LogP contribution < -0.4 is 16.2 Å². The molecular formula is C22H25N3O3. The number of anilines is 1.